The van der Waals surface area contributed by atoms with Crippen molar-refractivity contribution in [2.75, 3.05) is 97.1 Å². The summed E-state index contributed by atoms with van der Waals surface area (Å²) in [5, 5.41) is 18.8. The molecule has 12 aliphatic heterocycles. The van der Waals surface area contributed by atoms with E-state index in [0.29, 0.717) is 168 Å². The van der Waals surface area contributed by atoms with Crippen LogP contribution in [0, 0.1) is 0 Å². The van der Waals surface area contributed by atoms with Crippen molar-refractivity contribution in [3.05, 3.63) is 0 Å². The van der Waals surface area contributed by atoms with Gasteiger partial charge in [0.1, 0.15) is 72.5 Å². The summed E-state index contributed by atoms with van der Waals surface area (Å²) < 4.78 is 10.2. The molecule has 12 amide bonds. The summed E-state index contributed by atoms with van der Waals surface area (Å²) in [5.74, 6) is -4.61. The van der Waals surface area contributed by atoms with Crippen molar-refractivity contribution in [1.29, 1.82) is 0 Å². The molecule has 12 atom stereocenters. The minimum atomic E-state index is -0.986. The first-order valence-electron chi connectivity index (χ1n) is 38.6. The van der Waals surface area contributed by atoms with Crippen molar-refractivity contribution >= 4 is 118 Å². The molecule has 0 aromatic carbocycles. The second-order valence-electron chi connectivity index (χ2n) is 29.3. The molecule has 12 rings (SSSR count). The number of hydrogen-bond donors (Lipinski definition) is 2. The Bertz CT molecular complexity index is 2990. The zero-order valence-electron chi connectivity index (χ0n) is 62.9. The van der Waals surface area contributed by atoms with E-state index < -0.39 is 84.4 Å². The summed E-state index contributed by atoms with van der Waals surface area (Å²) in [6.45, 7) is 16.2. The molecule has 0 aliphatic carbocycles. The van der Waals surface area contributed by atoms with Gasteiger partial charge in [-0.15, -0.1) is 23.2 Å². The molecule has 2 N–H and O–H groups in total. The lowest BCUT2D eigenvalue weighted by Crippen LogP contribution is -2.54. The van der Waals surface area contributed by atoms with Gasteiger partial charge in [-0.05, 0) is 168 Å². The van der Waals surface area contributed by atoms with Crippen LogP contribution in [0.15, 0.2) is 0 Å². The van der Waals surface area contributed by atoms with Gasteiger partial charge in [-0.1, -0.05) is 0 Å². The molecule has 0 radical (unpaired) electrons. The summed E-state index contributed by atoms with van der Waals surface area (Å²) in [6.07, 6.45) is 16.0. The normalized spacial score (nSPS) is 28.0. The Morgan fingerprint density at radius 2 is 0.383 bits per heavy atom. The van der Waals surface area contributed by atoms with Gasteiger partial charge in [-0.25, -0.2) is 19.2 Å². The summed E-state index contributed by atoms with van der Waals surface area (Å²) in [4.78, 5) is 217. The highest BCUT2D eigenvalue weighted by Crippen LogP contribution is 2.34. The quantitative estimate of drug-likeness (QED) is 0.186. The van der Waals surface area contributed by atoms with Gasteiger partial charge in [0.25, 0.3) is 0 Å². The Morgan fingerprint density at radius 3 is 0.542 bits per heavy atom. The highest BCUT2D eigenvalue weighted by molar-refractivity contribution is 6.40. The van der Waals surface area contributed by atoms with Crippen molar-refractivity contribution in [1.82, 2.24) is 58.8 Å². The van der Waals surface area contributed by atoms with Crippen LogP contribution in [0.2, 0.25) is 0 Å². The average Bonchev–Trinajstić information content (AvgIpc) is 1.68. The van der Waals surface area contributed by atoms with E-state index in [1.807, 2.05) is 0 Å². The number of nitrogens with zero attached hydrogens (tertiary/aromatic N) is 12. The van der Waals surface area contributed by atoms with Crippen LogP contribution < -0.4 is 0 Å². The molecule has 0 saturated carbocycles. The SMILES string of the molecule is CC(=O)N1CCC[C@H]1C(=O)N1CCC[C@H]1C(=O)N1CCC[C@H]1C(=O)O.CC(=O)N1CCC[C@H]1C(=O)N1CCC[C@H]1C(=O)N1CCC[C@H]1C(=O)O.CCOC(=O)[C@@H]1CCCN1C(=O)[C@@H]1CCCN1C(=O)[C@@H]1CCCN1C(C)=O.CCOC(=O)[C@@H]1CCCN1C(=O)[C@@H]1CCCN1C(=O)[C@@H]1CCCN1C(C)=O.ClCCl. The summed E-state index contributed by atoms with van der Waals surface area (Å²) in [5.41, 5.74) is 0. The number of carbonyl (C=O) groups excluding carboxylic acids is 14. The number of ether oxygens (including phenoxy) is 2. The van der Waals surface area contributed by atoms with E-state index in [9.17, 15) is 86.9 Å². The number of rotatable bonds is 14. The second kappa shape index (κ2) is 39.5. The predicted octanol–water partition coefficient (Wildman–Crippen LogP) is 2.63. The van der Waals surface area contributed by atoms with Crippen LogP contribution in [0.25, 0.3) is 0 Å². The van der Waals surface area contributed by atoms with Crippen molar-refractivity contribution in [2.24, 2.45) is 0 Å². The van der Waals surface area contributed by atoms with Crippen LogP contribution in [0.3, 0.4) is 0 Å². The van der Waals surface area contributed by atoms with Gasteiger partial charge in [0.2, 0.25) is 70.9 Å². The third-order valence-corrected chi connectivity index (χ3v) is 22.9. The van der Waals surface area contributed by atoms with E-state index in [4.69, 9.17) is 32.7 Å². The highest BCUT2D eigenvalue weighted by Gasteiger charge is 2.51. The Kier molecular flexibility index (Phi) is 31.2. The van der Waals surface area contributed by atoms with E-state index in [0.717, 1.165) is 64.2 Å². The van der Waals surface area contributed by atoms with Crippen molar-refractivity contribution in [3.63, 3.8) is 0 Å². The standard InChI is InChI=1S/2C19H29N3O5.2C17H25N3O5.CH2Cl2/c2*1-3-27-19(26)16-9-6-12-22(16)18(25)15-8-5-11-21(15)17(24)14-7-4-10-20(14)13(2)23;2*1-11(21)18-8-2-5-12(18)15(22)19-9-3-6-13(19)16(23)20-10-4-7-14(20)17(24)25;2-1-3/h2*14-16H,3-12H2,1-2H3;2*12-14H,2-10H2,1H3,(H,24,25);1H2/t2*14-,15-,16-;2*12-,13-,14-;/m0000./s1. The fourth-order valence-electron chi connectivity index (χ4n) is 17.9. The summed E-state index contributed by atoms with van der Waals surface area (Å²) in [6, 6.07) is -6.83. The molecule has 0 aromatic rings. The molecule has 12 fully saturated rings. The number of aliphatic carboxylic acids is 2. The van der Waals surface area contributed by atoms with Crippen LogP contribution in [0.4, 0.5) is 0 Å². The monoisotopic (exact) mass is 1540 g/mol. The van der Waals surface area contributed by atoms with Gasteiger partial charge in [-0.3, -0.25) is 57.5 Å². The predicted molar refractivity (Wildman–Crippen MR) is 385 cm³/mol. The number of esters is 2. The average molecular weight is 1550 g/mol. The molecule has 32 nitrogen and oxygen atoms in total. The number of halogens is 2. The molecule has 0 bridgehead atoms. The van der Waals surface area contributed by atoms with Crippen LogP contribution >= 0.6 is 23.2 Å². The number of carbonyl (C=O) groups is 16. The number of hydrogen-bond acceptors (Lipinski definition) is 18. The lowest BCUT2D eigenvalue weighted by atomic mass is 10.1. The van der Waals surface area contributed by atoms with Gasteiger partial charge >= 0.3 is 23.9 Å². The maximum atomic E-state index is 13.2. The van der Waals surface area contributed by atoms with Gasteiger partial charge in [-0.2, -0.15) is 0 Å². The Labute approximate surface area is 635 Å². The van der Waals surface area contributed by atoms with Crippen LogP contribution in [0.1, 0.15) is 196 Å². The third kappa shape index (κ3) is 19.8. The van der Waals surface area contributed by atoms with E-state index in [1.165, 1.54) is 37.5 Å². The third-order valence-electron chi connectivity index (χ3n) is 22.9. The topological polar surface area (TPSA) is 371 Å². The lowest BCUT2D eigenvalue weighted by Gasteiger charge is -2.33. The van der Waals surface area contributed by atoms with Crippen LogP contribution in [-0.2, 0) is 86.2 Å². The Balaban J connectivity index is 0.000000178. The Hall–Kier alpha value is -7.90. The first-order valence-corrected chi connectivity index (χ1v) is 39.7. The fraction of sp³-hybridized carbons (Fsp3) is 0.781. The number of likely N-dealkylation sites (tertiary alicyclic amines) is 12. The van der Waals surface area contributed by atoms with Crippen molar-refractivity contribution < 1.29 is 96.4 Å². The molecule has 12 saturated heterocycles. The van der Waals surface area contributed by atoms with Gasteiger partial charge in [0.15, 0.2) is 0 Å². The zero-order chi connectivity index (χ0) is 78.1. The molecule has 107 heavy (non-hydrogen) atoms. The molecule has 12 heterocycles. The maximum Gasteiger partial charge on any atom is 0.328 e. The smallest absolute Gasteiger partial charge is 0.328 e. The molecule has 0 aromatic heterocycles. The number of alkyl halides is 2. The zero-order valence-corrected chi connectivity index (χ0v) is 64.4. The van der Waals surface area contributed by atoms with Crippen LogP contribution in [0.5, 0.6) is 0 Å². The summed E-state index contributed by atoms with van der Waals surface area (Å²) >= 11 is 9.53. The lowest BCUT2D eigenvalue weighted by molar-refractivity contribution is -0.156. The van der Waals surface area contributed by atoms with E-state index in [2.05, 4.69) is 0 Å². The van der Waals surface area contributed by atoms with E-state index >= 15 is 0 Å². The highest BCUT2D eigenvalue weighted by atomic mass is 35.5. The molecule has 12 aliphatic rings. The molecule has 0 unspecified atom stereocenters. The van der Waals surface area contributed by atoms with Gasteiger partial charge in [0, 0.05) is 106 Å². The molecular weight excluding hydrogens is 1440 g/mol. The van der Waals surface area contributed by atoms with Crippen LogP contribution in [-0.4, -0.2) is 333 Å². The van der Waals surface area contributed by atoms with Gasteiger partial charge < -0.3 is 78.5 Å². The first-order chi connectivity index (χ1) is 51.1. The minimum absolute atomic E-state index is 0.102. The molecule has 34 heteroatoms. The maximum absolute atomic E-state index is 13.2. The Morgan fingerprint density at radius 1 is 0.252 bits per heavy atom. The number of carboxylic acids is 2. The van der Waals surface area contributed by atoms with Gasteiger partial charge in [0.05, 0.1) is 18.6 Å². The van der Waals surface area contributed by atoms with E-state index in [-0.39, 0.29) is 101 Å². The molecule has 596 valence electrons. The molecular formula is C73H110Cl2N12O20. The first kappa shape index (κ1) is 84.7. The fourth-order valence-corrected chi connectivity index (χ4v) is 17.9. The number of carboxylic acid groups (broad SMARTS) is 2. The molecule has 0 spiro atoms. The van der Waals surface area contributed by atoms with Crippen molar-refractivity contribution in [3.8, 4) is 0 Å². The second-order valence-corrected chi connectivity index (χ2v) is 30.1. The minimum Gasteiger partial charge on any atom is -0.480 e. The summed E-state index contributed by atoms with van der Waals surface area (Å²) in [7, 11) is 0. The number of amides is 12. The largest absolute Gasteiger partial charge is 0.480 e. The van der Waals surface area contributed by atoms with Crippen molar-refractivity contribution in [2.45, 2.75) is 268 Å². The van der Waals surface area contributed by atoms with E-state index in [1.54, 1.807) is 62.8 Å².